The van der Waals surface area contributed by atoms with E-state index in [0.717, 1.165) is 11.4 Å². The number of aryl methyl sites for hydroxylation is 2. The van der Waals surface area contributed by atoms with Gasteiger partial charge in [0.1, 0.15) is 0 Å². The smallest absolute Gasteiger partial charge is 0.0614 e. The van der Waals surface area contributed by atoms with E-state index in [0.29, 0.717) is 0 Å². The molecule has 0 fully saturated rings. The van der Waals surface area contributed by atoms with Gasteiger partial charge in [-0.25, -0.2) is 0 Å². The highest BCUT2D eigenvalue weighted by Gasteiger charge is 2.21. The second kappa shape index (κ2) is 12.8. The number of aromatic nitrogens is 3. The second-order valence-electron chi connectivity index (χ2n) is 16.6. The van der Waals surface area contributed by atoms with Crippen LogP contribution in [0.4, 0.5) is 0 Å². The van der Waals surface area contributed by atoms with Gasteiger partial charge in [-0.1, -0.05) is 140 Å². The molecule has 0 spiro atoms. The summed E-state index contributed by atoms with van der Waals surface area (Å²) in [6.07, 6.45) is 4.49. The van der Waals surface area contributed by atoms with Crippen LogP contribution in [0.5, 0.6) is 0 Å². The third-order valence-electron chi connectivity index (χ3n) is 13.5. The van der Waals surface area contributed by atoms with E-state index in [4.69, 9.17) is 0 Å². The Bertz CT molecular complexity index is 3930. The van der Waals surface area contributed by atoms with Gasteiger partial charge in [-0.05, 0) is 117 Å². The van der Waals surface area contributed by atoms with Gasteiger partial charge >= 0.3 is 0 Å². The molecule has 0 bridgehead atoms. The molecule has 0 unspecified atom stereocenters. The second-order valence-corrected chi connectivity index (χ2v) is 16.6. The van der Waals surface area contributed by atoms with Crippen LogP contribution in [0.1, 0.15) is 11.1 Å². The first-order valence-electron chi connectivity index (χ1n) is 21.2. The molecule has 0 saturated carbocycles. The number of nitrogens with one attached hydrogen (secondary N) is 1. The maximum atomic E-state index is 3.82. The fourth-order valence-corrected chi connectivity index (χ4v) is 10.6. The molecular formula is C58H39N3. The molecule has 13 rings (SSSR count). The number of fused-ring (bicyclic) bond motifs is 14. The molecule has 10 aromatic carbocycles. The molecule has 3 heteroatoms. The fourth-order valence-electron chi connectivity index (χ4n) is 10.6. The summed E-state index contributed by atoms with van der Waals surface area (Å²) in [6, 6.07) is 66.9. The van der Waals surface area contributed by atoms with Crippen LogP contribution >= 0.6 is 0 Å². The van der Waals surface area contributed by atoms with Gasteiger partial charge in [0.25, 0.3) is 0 Å². The Kier molecular flexibility index (Phi) is 7.15. The largest absolute Gasteiger partial charge is 0.354 e. The molecular weight excluding hydrogens is 739 g/mol. The Morgan fingerprint density at radius 1 is 0.361 bits per heavy atom. The molecule has 0 aliphatic rings. The van der Waals surface area contributed by atoms with E-state index in [1.807, 2.05) is 0 Å². The molecule has 0 saturated heterocycles. The lowest BCUT2D eigenvalue weighted by Crippen LogP contribution is -1.96. The maximum Gasteiger partial charge on any atom is 0.0614 e. The quantitative estimate of drug-likeness (QED) is 0.184. The summed E-state index contributed by atoms with van der Waals surface area (Å²) in [5.74, 6) is 0. The minimum Gasteiger partial charge on any atom is -0.354 e. The van der Waals surface area contributed by atoms with Crippen LogP contribution in [0, 0.1) is 13.8 Å². The van der Waals surface area contributed by atoms with Gasteiger partial charge < -0.3 is 14.1 Å². The minimum absolute atomic E-state index is 1.14. The zero-order chi connectivity index (χ0) is 40.3. The van der Waals surface area contributed by atoms with Crippen molar-refractivity contribution in [3.8, 4) is 33.6 Å². The number of benzene rings is 10. The van der Waals surface area contributed by atoms with Crippen LogP contribution in [0.3, 0.4) is 0 Å². The number of H-pyrrole nitrogens is 1. The van der Waals surface area contributed by atoms with Crippen molar-refractivity contribution in [2.75, 3.05) is 0 Å². The van der Waals surface area contributed by atoms with Gasteiger partial charge in [0.2, 0.25) is 0 Å². The fraction of sp³-hybridized carbons (Fsp3) is 0.0345. The summed E-state index contributed by atoms with van der Waals surface area (Å²) in [6.45, 7) is 4.56. The lowest BCUT2D eigenvalue weighted by Gasteiger charge is -2.18. The van der Waals surface area contributed by atoms with E-state index in [1.54, 1.807) is 0 Å². The zero-order valence-electron chi connectivity index (χ0n) is 33.9. The Hall–Kier alpha value is -7.88. The highest BCUT2D eigenvalue weighted by Crippen LogP contribution is 2.44. The number of hydrogen-bond donors (Lipinski definition) is 1. The van der Waals surface area contributed by atoms with Crippen molar-refractivity contribution in [3.63, 3.8) is 0 Å². The van der Waals surface area contributed by atoms with Gasteiger partial charge in [-0.3, -0.25) is 0 Å². The summed E-state index contributed by atoms with van der Waals surface area (Å²) in [5, 5.41) is 15.3. The first-order chi connectivity index (χ1) is 30.1. The summed E-state index contributed by atoms with van der Waals surface area (Å²) < 4.78 is 4.74. The lowest BCUT2D eigenvalue weighted by molar-refractivity contribution is 1.13. The van der Waals surface area contributed by atoms with Gasteiger partial charge in [-0.15, -0.1) is 0 Å². The van der Waals surface area contributed by atoms with Crippen LogP contribution in [-0.2, 0) is 0 Å². The predicted molar refractivity (Wildman–Crippen MR) is 260 cm³/mol. The van der Waals surface area contributed by atoms with Gasteiger partial charge in [-0.2, -0.15) is 0 Å². The highest BCUT2D eigenvalue weighted by molar-refractivity contribution is 6.34. The Morgan fingerprint density at radius 3 is 1.54 bits per heavy atom. The summed E-state index contributed by atoms with van der Waals surface area (Å²) >= 11 is 0. The van der Waals surface area contributed by atoms with Gasteiger partial charge in [0, 0.05) is 67.0 Å². The lowest BCUT2D eigenvalue weighted by atomic mass is 9.88. The van der Waals surface area contributed by atoms with Crippen LogP contribution in [0.25, 0.3) is 120 Å². The van der Waals surface area contributed by atoms with Gasteiger partial charge in [0.05, 0.1) is 16.6 Å². The maximum absolute atomic E-state index is 3.82. The average molecular weight is 778 g/mol. The zero-order valence-corrected chi connectivity index (χ0v) is 33.9. The van der Waals surface area contributed by atoms with Crippen molar-refractivity contribution in [1.82, 2.24) is 14.1 Å². The van der Waals surface area contributed by atoms with Crippen molar-refractivity contribution in [1.29, 1.82) is 0 Å². The molecule has 286 valence electrons. The van der Waals surface area contributed by atoms with E-state index in [2.05, 4.69) is 222 Å². The average Bonchev–Trinajstić information content (AvgIpc) is 4.07. The monoisotopic (exact) mass is 777 g/mol. The van der Waals surface area contributed by atoms with Crippen LogP contribution in [0.2, 0.25) is 0 Å². The Balaban J connectivity index is 0.904. The molecule has 0 aliphatic carbocycles. The van der Waals surface area contributed by atoms with E-state index < -0.39 is 0 Å². The molecule has 61 heavy (non-hydrogen) atoms. The van der Waals surface area contributed by atoms with Crippen molar-refractivity contribution >= 4 is 86.7 Å². The molecule has 3 heterocycles. The van der Waals surface area contributed by atoms with Crippen molar-refractivity contribution in [2.24, 2.45) is 0 Å². The van der Waals surface area contributed by atoms with Gasteiger partial charge in [0.15, 0.2) is 0 Å². The van der Waals surface area contributed by atoms with Crippen molar-refractivity contribution in [3.05, 3.63) is 206 Å². The van der Waals surface area contributed by atoms with Crippen molar-refractivity contribution in [2.45, 2.75) is 13.8 Å². The molecule has 0 radical (unpaired) electrons. The summed E-state index contributed by atoms with van der Waals surface area (Å²) in [4.78, 5) is 3.82. The normalized spacial score (nSPS) is 12.1. The third-order valence-corrected chi connectivity index (χ3v) is 13.5. The molecule has 3 nitrogen and oxygen atoms in total. The van der Waals surface area contributed by atoms with E-state index in [9.17, 15) is 0 Å². The SMILES string of the molecule is Cc1c(-c2c(C)c3ccccc3c3c2ccn3-c2ccc(-c3ccc(-n4ccc5c6c([nH]c7ccc8ccccc8c76)c6ccccc6c54)cc3)cc2)ccc2ccccc12. The molecule has 1 N–H and O–H groups in total. The van der Waals surface area contributed by atoms with Crippen molar-refractivity contribution < 1.29 is 0 Å². The minimum atomic E-state index is 1.14. The standard InChI is InChI=1S/C58H39N3/c1-35-43-13-5-3-11-39(43)23-29-45(35)53-36(2)44-14-7-9-17-48(44)57-50(53)31-33-60(57)41-25-19-37(20-26-41)38-21-27-42(28-22-38)61-34-32-51-55-54-46-15-6-4-12-40(46)24-30-52(54)59-56(55)47-16-8-10-18-49(47)58(51)61/h3-34,59H,1-2H3. The molecule has 3 aromatic heterocycles. The first kappa shape index (κ1) is 34.0. The third kappa shape index (κ3) is 4.86. The highest BCUT2D eigenvalue weighted by atomic mass is 15.0. The van der Waals surface area contributed by atoms with Crippen LogP contribution in [0.15, 0.2) is 194 Å². The number of hydrogen-bond acceptors (Lipinski definition) is 0. The van der Waals surface area contributed by atoms with Crippen LogP contribution in [-0.4, -0.2) is 14.1 Å². The Morgan fingerprint density at radius 2 is 0.869 bits per heavy atom. The molecule has 0 amide bonds. The number of nitrogens with zero attached hydrogens (tertiary/aromatic N) is 2. The molecule has 0 aliphatic heterocycles. The molecule has 0 atom stereocenters. The topological polar surface area (TPSA) is 25.6 Å². The van der Waals surface area contributed by atoms with E-state index in [1.165, 1.54) is 120 Å². The first-order valence-corrected chi connectivity index (χ1v) is 21.2. The number of aromatic amines is 1. The number of rotatable bonds is 4. The Labute approximate surface area is 352 Å². The summed E-state index contributed by atoms with van der Waals surface area (Å²) in [7, 11) is 0. The van der Waals surface area contributed by atoms with Crippen LogP contribution < -0.4 is 0 Å². The van der Waals surface area contributed by atoms with E-state index >= 15 is 0 Å². The van der Waals surface area contributed by atoms with E-state index in [-0.39, 0.29) is 0 Å². The predicted octanol–water partition coefficient (Wildman–Crippen LogP) is 15.8. The summed E-state index contributed by atoms with van der Waals surface area (Å²) in [5.41, 5.74) is 14.8. The molecule has 13 aromatic rings.